The monoisotopic (exact) mass is 275 g/mol. The Balaban J connectivity index is 2.22. The van der Waals surface area contributed by atoms with Crippen molar-refractivity contribution in [2.24, 2.45) is 0 Å². The van der Waals surface area contributed by atoms with Crippen molar-refractivity contribution < 1.29 is 4.39 Å². The van der Waals surface area contributed by atoms with E-state index in [1.165, 1.54) is 0 Å². The zero-order chi connectivity index (χ0) is 13.4. The highest BCUT2D eigenvalue weighted by Crippen LogP contribution is 2.21. The summed E-state index contributed by atoms with van der Waals surface area (Å²) in [5, 5.41) is 0.425. The number of nitrogens with zero attached hydrogens (tertiary/aromatic N) is 3. The number of alkyl halides is 1. The van der Waals surface area contributed by atoms with E-state index in [0.29, 0.717) is 16.4 Å². The van der Waals surface area contributed by atoms with Gasteiger partial charge in [-0.05, 0) is 36.8 Å². The zero-order valence-electron chi connectivity index (χ0n) is 10.3. The van der Waals surface area contributed by atoms with Crippen LogP contribution in [0.25, 0.3) is 16.9 Å². The predicted molar refractivity (Wildman–Crippen MR) is 73.4 cm³/mol. The fourth-order valence-corrected chi connectivity index (χ4v) is 2.23. The Morgan fingerprint density at radius 2 is 1.84 bits per heavy atom. The molecule has 0 aliphatic heterocycles. The lowest BCUT2D eigenvalue weighted by Gasteiger charge is -2.06. The van der Waals surface area contributed by atoms with Gasteiger partial charge in [0.1, 0.15) is 23.2 Å². The molecule has 0 saturated heterocycles. The lowest BCUT2D eigenvalue weighted by molar-refractivity contribution is 0.485. The van der Waals surface area contributed by atoms with E-state index in [1.807, 2.05) is 29.7 Å². The number of aryl methyl sites for hydroxylation is 1. The van der Waals surface area contributed by atoms with E-state index in [-0.39, 0.29) is 0 Å². The van der Waals surface area contributed by atoms with Crippen molar-refractivity contribution in [2.75, 3.05) is 0 Å². The average molecular weight is 276 g/mol. The van der Waals surface area contributed by atoms with Crippen LogP contribution in [-0.2, 0) is 6.67 Å². The summed E-state index contributed by atoms with van der Waals surface area (Å²) in [6.45, 7) is 1.44. The Labute approximate surface area is 114 Å². The molecule has 0 radical (unpaired) electrons. The van der Waals surface area contributed by atoms with Gasteiger partial charge in [0.2, 0.25) is 0 Å². The third-order valence-electron chi connectivity index (χ3n) is 2.99. The maximum Gasteiger partial charge on any atom is 0.166 e. The third kappa shape index (κ3) is 2.08. The van der Waals surface area contributed by atoms with E-state index in [0.717, 1.165) is 17.0 Å². The summed E-state index contributed by atoms with van der Waals surface area (Å²) in [6, 6.07) is 10.8. The van der Waals surface area contributed by atoms with Crippen LogP contribution in [0.5, 0.6) is 0 Å². The van der Waals surface area contributed by atoms with E-state index in [9.17, 15) is 4.39 Å². The smallest absolute Gasteiger partial charge is 0.166 e. The minimum Gasteiger partial charge on any atom is -0.281 e. The van der Waals surface area contributed by atoms with Gasteiger partial charge in [0.15, 0.2) is 5.65 Å². The molecule has 19 heavy (non-hydrogen) atoms. The Bertz CT molecular complexity index is 734. The van der Waals surface area contributed by atoms with E-state index < -0.39 is 6.67 Å². The molecule has 2 heterocycles. The van der Waals surface area contributed by atoms with Gasteiger partial charge in [0, 0.05) is 5.69 Å². The fourth-order valence-electron chi connectivity index (χ4n) is 2.09. The van der Waals surface area contributed by atoms with E-state index in [4.69, 9.17) is 11.6 Å². The molecule has 0 N–H and O–H groups in total. The standard InChI is InChI=1S/C14H11ClFN3/c1-9-17-12-6-7-13(15)18-14(12)19(9)11-4-2-10(8-16)3-5-11/h2-7H,8H2,1H3. The second kappa shape index (κ2) is 4.63. The number of halogens is 2. The Morgan fingerprint density at radius 1 is 1.11 bits per heavy atom. The molecule has 3 aromatic rings. The molecule has 2 aromatic heterocycles. The van der Waals surface area contributed by atoms with Crippen LogP contribution in [0.4, 0.5) is 4.39 Å². The second-order valence-electron chi connectivity index (χ2n) is 4.27. The number of pyridine rings is 1. The molecule has 0 spiro atoms. The molecule has 3 nitrogen and oxygen atoms in total. The number of aromatic nitrogens is 3. The van der Waals surface area contributed by atoms with Gasteiger partial charge in [-0.15, -0.1) is 0 Å². The van der Waals surface area contributed by atoms with Crippen LogP contribution >= 0.6 is 11.6 Å². The average Bonchev–Trinajstić information content (AvgIpc) is 2.74. The molecule has 0 amide bonds. The molecule has 3 rings (SSSR count). The van der Waals surface area contributed by atoms with Crippen molar-refractivity contribution in [3.63, 3.8) is 0 Å². The van der Waals surface area contributed by atoms with Crippen molar-refractivity contribution in [2.45, 2.75) is 13.6 Å². The van der Waals surface area contributed by atoms with Gasteiger partial charge in [0.05, 0.1) is 0 Å². The van der Waals surface area contributed by atoms with Crippen molar-refractivity contribution in [3.05, 3.63) is 52.9 Å². The first-order valence-electron chi connectivity index (χ1n) is 5.86. The summed E-state index contributed by atoms with van der Waals surface area (Å²) in [4.78, 5) is 8.75. The largest absolute Gasteiger partial charge is 0.281 e. The quantitative estimate of drug-likeness (QED) is 0.665. The molecule has 0 fully saturated rings. The first kappa shape index (κ1) is 12.1. The summed E-state index contributed by atoms with van der Waals surface area (Å²) in [6.07, 6.45) is 0. The number of hydrogen-bond donors (Lipinski definition) is 0. The lowest BCUT2D eigenvalue weighted by atomic mass is 10.2. The maximum atomic E-state index is 12.5. The van der Waals surface area contributed by atoms with Crippen LogP contribution in [-0.4, -0.2) is 14.5 Å². The van der Waals surface area contributed by atoms with Crippen LogP contribution in [0.3, 0.4) is 0 Å². The van der Waals surface area contributed by atoms with Crippen LogP contribution in [0.2, 0.25) is 5.15 Å². The van der Waals surface area contributed by atoms with Gasteiger partial charge in [0.25, 0.3) is 0 Å². The highest BCUT2D eigenvalue weighted by Gasteiger charge is 2.10. The topological polar surface area (TPSA) is 30.7 Å². The first-order valence-corrected chi connectivity index (χ1v) is 6.24. The summed E-state index contributed by atoms with van der Waals surface area (Å²) in [5.74, 6) is 0.817. The Morgan fingerprint density at radius 3 is 2.53 bits per heavy atom. The van der Waals surface area contributed by atoms with Crippen LogP contribution in [0.15, 0.2) is 36.4 Å². The highest BCUT2D eigenvalue weighted by molar-refractivity contribution is 6.29. The third-order valence-corrected chi connectivity index (χ3v) is 3.20. The van der Waals surface area contributed by atoms with Gasteiger partial charge in [-0.25, -0.2) is 14.4 Å². The molecular weight excluding hydrogens is 265 g/mol. The Hall–Kier alpha value is -1.94. The zero-order valence-corrected chi connectivity index (χ0v) is 11.0. The molecule has 5 heteroatoms. The molecule has 0 saturated carbocycles. The molecule has 0 aliphatic carbocycles. The van der Waals surface area contributed by atoms with Gasteiger partial charge in [-0.3, -0.25) is 4.57 Å². The molecular formula is C14H11ClFN3. The summed E-state index contributed by atoms with van der Waals surface area (Å²) < 4.78 is 14.4. The van der Waals surface area contributed by atoms with E-state index in [1.54, 1.807) is 18.2 Å². The van der Waals surface area contributed by atoms with Crippen molar-refractivity contribution >= 4 is 22.8 Å². The molecule has 0 aliphatic rings. The van der Waals surface area contributed by atoms with Crippen molar-refractivity contribution in [3.8, 4) is 5.69 Å². The second-order valence-corrected chi connectivity index (χ2v) is 4.66. The van der Waals surface area contributed by atoms with E-state index >= 15 is 0 Å². The fraction of sp³-hybridized carbons (Fsp3) is 0.143. The van der Waals surface area contributed by atoms with Crippen LogP contribution < -0.4 is 0 Å². The molecule has 0 unspecified atom stereocenters. The van der Waals surface area contributed by atoms with Gasteiger partial charge in [-0.2, -0.15) is 0 Å². The van der Waals surface area contributed by atoms with Gasteiger partial charge in [-0.1, -0.05) is 23.7 Å². The normalized spacial score (nSPS) is 11.1. The number of rotatable bonds is 2. The number of hydrogen-bond acceptors (Lipinski definition) is 2. The molecule has 0 bridgehead atoms. The van der Waals surface area contributed by atoms with E-state index in [2.05, 4.69) is 9.97 Å². The molecule has 1 aromatic carbocycles. The highest BCUT2D eigenvalue weighted by atomic mass is 35.5. The first-order chi connectivity index (χ1) is 9.19. The summed E-state index contributed by atoms with van der Waals surface area (Å²) in [5.41, 5.74) is 3.04. The minimum absolute atomic E-state index is 0.425. The molecule has 0 atom stereocenters. The van der Waals surface area contributed by atoms with Gasteiger partial charge < -0.3 is 0 Å². The summed E-state index contributed by atoms with van der Waals surface area (Å²) in [7, 11) is 0. The van der Waals surface area contributed by atoms with Gasteiger partial charge >= 0.3 is 0 Å². The summed E-state index contributed by atoms with van der Waals surface area (Å²) >= 11 is 5.93. The Kier molecular flexibility index (Phi) is 2.95. The maximum absolute atomic E-state index is 12.5. The van der Waals surface area contributed by atoms with Crippen molar-refractivity contribution in [1.82, 2.24) is 14.5 Å². The number of benzene rings is 1. The SMILES string of the molecule is Cc1nc2ccc(Cl)nc2n1-c1ccc(CF)cc1. The molecule has 96 valence electrons. The lowest BCUT2D eigenvalue weighted by Crippen LogP contribution is -1.98. The van der Waals surface area contributed by atoms with Crippen LogP contribution in [0, 0.1) is 6.92 Å². The number of imidazole rings is 1. The van der Waals surface area contributed by atoms with Crippen molar-refractivity contribution in [1.29, 1.82) is 0 Å². The predicted octanol–water partition coefficient (Wildman–Crippen LogP) is 3.85. The van der Waals surface area contributed by atoms with Crippen LogP contribution in [0.1, 0.15) is 11.4 Å². The minimum atomic E-state index is -0.464. The number of fused-ring (bicyclic) bond motifs is 1.